The molecule has 0 saturated carbocycles. The molecule has 2 aliphatic rings. The van der Waals surface area contributed by atoms with Gasteiger partial charge in [-0.3, -0.25) is 9.69 Å². The summed E-state index contributed by atoms with van der Waals surface area (Å²) in [6.45, 7) is 7.79. The van der Waals surface area contributed by atoms with Crippen molar-refractivity contribution in [1.82, 2.24) is 14.1 Å². The lowest BCUT2D eigenvalue weighted by atomic mass is 9.98. The average Bonchev–Trinajstić information content (AvgIpc) is 2.69. The van der Waals surface area contributed by atoms with Crippen molar-refractivity contribution in [2.24, 2.45) is 0 Å². The Hall–Kier alpha value is -1.70. The van der Waals surface area contributed by atoms with Gasteiger partial charge in [0, 0.05) is 39.3 Å². The SMILES string of the molecule is CCN(CC)C(=O)CN1CCN(S(=O)(=O)C2=Cc3ccccc3CC2)CC1. The highest BCUT2D eigenvalue weighted by atomic mass is 32.2. The van der Waals surface area contributed by atoms with E-state index in [0.717, 1.165) is 12.0 Å². The van der Waals surface area contributed by atoms with Gasteiger partial charge in [0.25, 0.3) is 0 Å². The molecule has 1 heterocycles. The monoisotopic (exact) mass is 391 g/mol. The van der Waals surface area contributed by atoms with Crippen LogP contribution in [0.2, 0.25) is 0 Å². The van der Waals surface area contributed by atoms with Crippen LogP contribution in [0.4, 0.5) is 0 Å². The third-order valence-electron chi connectivity index (χ3n) is 5.49. The zero-order chi connectivity index (χ0) is 19.4. The summed E-state index contributed by atoms with van der Waals surface area (Å²) in [5, 5.41) is 0. The average molecular weight is 392 g/mol. The van der Waals surface area contributed by atoms with Gasteiger partial charge in [0.15, 0.2) is 0 Å². The number of sulfonamides is 1. The Kier molecular flexibility index (Phi) is 6.34. The number of fused-ring (bicyclic) bond motifs is 1. The van der Waals surface area contributed by atoms with E-state index in [9.17, 15) is 13.2 Å². The van der Waals surface area contributed by atoms with Crippen molar-refractivity contribution < 1.29 is 13.2 Å². The number of hydrogen-bond donors (Lipinski definition) is 0. The van der Waals surface area contributed by atoms with Crippen molar-refractivity contribution in [2.45, 2.75) is 26.7 Å². The van der Waals surface area contributed by atoms with E-state index >= 15 is 0 Å². The lowest BCUT2D eigenvalue weighted by Crippen LogP contribution is -2.51. The summed E-state index contributed by atoms with van der Waals surface area (Å²) < 4.78 is 27.7. The molecule has 0 N–H and O–H groups in total. The molecule has 0 bridgehead atoms. The van der Waals surface area contributed by atoms with Gasteiger partial charge in [-0.05, 0) is 43.9 Å². The molecule has 0 radical (unpaired) electrons. The Morgan fingerprint density at radius 2 is 1.70 bits per heavy atom. The minimum atomic E-state index is -3.43. The first kappa shape index (κ1) is 20.0. The van der Waals surface area contributed by atoms with Crippen LogP contribution in [0.15, 0.2) is 29.2 Å². The third-order valence-corrected chi connectivity index (χ3v) is 7.52. The number of likely N-dealkylation sites (N-methyl/N-ethyl adjacent to an activating group) is 1. The molecule has 0 atom stereocenters. The number of carbonyl (C=O) groups is 1. The smallest absolute Gasteiger partial charge is 0.239 e. The van der Waals surface area contributed by atoms with Gasteiger partial charge in [-0.15, -0.1) is 0 Å². The summed E-state index contributed by atoms with van der Waals surface area (Å²) in [4.78, 5) is 16.6. The van der Waals surface area contributed by atoms with Gasteiger partial charge in [0.1, 0.15) is 0 Å². The first-order valence-electron chi connectivity index (χ1n) is 9.74. The lowest BCUT2D eigenvalue weighted by Gasteiger charge is -2.35. The van der Waals surface area contributed by atoms with Gasteiger partial charge in [0.2, 0.25) is 15.9 Å². The van der Waals surface area contributed by atoms with Crippen LogP contribution >= 0.6 is 0 Å². The zero-order valence-corrected chi connectivity index (χ0v) is 17.0. The van der Waals surface area contributed by atoms with Crippen molar-refractivity contribution in [1.29, 1.82) is 0 Å². The molecule has 3 rings (SSSR count). The maximum Gasteiger partial charge on any atom is 0.239 e. The van der Waals surface area contributed by atoms with Crippen LogP contribution in [0, 0.1) is 0 Å². The maximum absolute atomic E-state index is 13.0. The van der Waals surface area contributed by atoms with Gasteiger partial charge in [-0.25, -0.2) is 8.42 Å². The normalized spacial score (nSPS) is 18.7. The lowest BCUT2D eigenvalue weighted by molar-refractivity contribution is -0.132. The van der Waals surface area contributed by atoms with E-state index in [1.54, 1.807) is 4.31 Å². The third kappa shape index (κ3) is 4.42. The molecular formula is C20H29N3O3S. The number of rotatable bonds is 6. The van der Waals surface area contributed by atoms with Gasteiger partial charge >= 0.3 is 0 Å². The summed E-state index contributed by atoms with van der Waals surface area (Å²) in [5.41, 5.74) is 2.21. The second kappa shape index (κ2) is 8.54. The van der Waals surface area contributed by atoms with Crippen molar-refractivity contribution in [3.05, 3.63) is 40.3 Å². The summed E-state index contributed by atoms with van der Waals surface area (Å²) in [5.74, 6) is 0.114. The Labute approximate surface area is 162 Å². The molecule has 1 aliphatic carbocycles. The Balaban J connectivity index is 1.62. The van der Waals surface area contributed by atoms with Crippen LogP contribution in [0.25, 0.3) is 6.08 Å². The molecule has 1 aromatic rings. The van der Waals surface area contributed by atoms with Crippen LogP contribution in [0.5, 0.6) is 0 Å². The van der Waals surface area contributed by atoms with Gasteiger partial charge in [-0.2, -0.15) is 4.31 Å². The summed E-state index contributed by atoms with van der Waals surface area (Å²) >= 11 is 0. The second-order valence-corrected chi connectivity index (χ2v) is 9.05. The van der Waals surface area contributed by atoms with Gasteiger partial charge in [0.05, 0.1) is 11.4 Å². The van der Waals surface area contributed by atoms with Crippen LogP contribution in [0.3, 0.4) is 0 Å². The van der Waals surface area contributed by atoms with Crippen molar-refractivity contribution >= 4 is 22.0 Å². The predicted molar refractivity (Wildman–Crippen MR) is 108 cm³/mol. The van der Waals surface area contributed by atoms with Crippen LogP contribution < -0.4 is 0 Å². The fraction of sp³-hybridized carbons (Fsp3) is 0.550. The van der Waals surface area contributed by atoms with E-state index in [-0.39, 0.29) is 5.91 Å². The fourth-order valence-corrected chi connectivity index (χ4v) is 5.38. The molecule has 27 heavy (non-hydrogen) atoms. The van der Waals surface area contributed by atoms with E-state index in [4.69, 9.17) is 0 Å². The Morgan fingerprint density at radius 1 is 1.04 bits per heavy atom. The highest BCUT2D eigenvalue weighted by Gasteiger charge is 2.32. The molecule has 1 fully saturated rings. The summed E-state index contributed by atoms with van der Waals surface area (Å²) in [7, 11) is -3.43. The quantitative estimate of drug-likeness (QED) is 0.742. The Bertz CT molecular complexity index is 808. The van der Waals surface area contributed by atoms with Crippen molar-refractivity contribution in [2.75, 3.05) is 45.8 Å². The molecule has 148 valence electrons. The van der Waals surface area contributed by atoms with Gasteiger partial charge < -0.3 is 4.90 Å². The minimum absolute atomic E-state index is 0.114. The number of allylic oxidation sites excluding steroid dienone is 1. The number of benzene rings is 1. The highest BCUT2D eigenvalue weighted by Crippen LogP contribution is 2.29. The number of amides is 1. The molecule has 1 amide bonds. The fourth-order valence-electron chi connectivity index (χ4n) is 3.77. The molecular weight excluding hydrogens is 362 g/mol. The summed E-state index contributed by atoms with van der Waals surface area (Å²) in [6.07, 6.45) is 3.14. The van der Waals surface area contributed by atoms with E-state index < -0.39 is 10.0 Å². The van der Waals surface area contributed by atoms with E-state index in [1.807, 2.05) is 43.0 Å². The van der Waals surface area contributed by atoms with Crippen molar-refractivity contribution in [3.63, 3.8) is 0 Å². The molecule has 0 unspecified atom stereocenters. The molecule has 0 spiro atoms. The number of carbonyl (C=O) groups excluding carboxylic acids is 1. The first-order chi connectivity index (χ1) is 13.0. The number of nitrogens with zero attached hydrogens (tertiary/aromatic N) is 3. The topological polar surface area (TPSA) is 60.9 Å². The molecule has 0 aromatic heterocycles. The predicted octanol–water partition coefficient (Wildman–Crippen LogP) is 1.79. The van der Waals surface area contributed by atoms with E-state index in [0.29, 0.717) is 57.1 Å². The van der Waals surface area contributed by atoms with Crippen LogP contribution in [0.1, 0.15) is 31.4 Å². The maximum atomic E-state index is 13.0. The van der Waals surface area contributed by atoms with E-state index in [2.05, 4.69) is 11.0 Å². The van der Waals surface area contributed by atoms with Crippen molar-refractivity contribution in [3.8, 4) is 0 Å². The Morgan fingerprint density at radius 3 is 2.37 bits per heavy atom. The first-order valence-corrected chi connectivity index (χ1v) is 11.2. The highest BCUT2D eigenvalue weighted by molar-refractivity contribution is 7.93. The molecule has 1 saturated heterocycles. The number of piperazine rings is 1. The minimum Gasteiger partial charge on any atom is -0.342 e. The molecule has 1 aliphatic heterocycles. The summed E-state index contributed by atoms with van der Waals surface area (Å²) in [6, 6.07) is 7.96. The largest absolute Gasteiger partial charge is 0.342 e. The van der Waals surface area contributed by atoms with Crippen LogP contribution in [-0.4, -0.2) is 74.2 Å². The molecule has 6 nitrogen and oxygen atoms in total. The number of aryl methyl sites for hydroxylation is 1. The van der Waals surface area contributed by atoms with Crippen LogP contribution in [-0.2, 0) is 21.2 Å². The second-order valence-electron chi connectivity index (χ2n) is 7.06. The van der Waals surface area contributed by atoms with Gasteiger partial charge in [-0.1, -0.05) is 24.3 Å². The molecule has 7 heteroatoms. The zero-order valence-electron chi connectivity index (χ0n) is 16.2. The standard InChI is InChI=1S/C20H29N3O3S/c1-3-22(4-2)20(24)16-21-11-13-23(14-12-21)27(25,26)19-10-9-17-7-5-6-8-18(17)15-19/h5-8,15H,3-4,9-14,16H2,1-2H3. The number of hydrogen-bond acceptors (Lipinski definition) is 4. The molecule has 1 aromatic carbocycles. The van der Waals surface area contributed by atoms with E-state index in [1.165, 1.54) is 5.56 Å².